The molecular formula is C9H16N4O. The van der Waals surface area contributed by atoms with Crippen molar-refractivity contribution in [3.8, 4) is 0 Å². The van der Waals surface area contributed by atoms with E-state index in [9.17, 15) is 0 Å². The second-order valence-electron chi connectivity index (χ2n) is 3.96. The molecule has 78 valence electrons. The number of rotatable bonds is 3. The SMILES string of the molecule is CC(CO)CN1CCn2cnnc2C1. The molecule has 1 N–H and O–H groups in total. The molecule has 0 bridgehead atoms. The zero-order valence-electron chi connectivity index (χ0n) is 8.43. The summed E-state index contributed by atoms with van der Waals surface area (Å²) in [7, 11) is 0. The van der Waals surface area contributed by atoms with Gasteiger partial charge in [0.2, 0.25) is 0 Å². The lowest BCUT2D eigenvalue weighted by molar-refractivity contribution is 0.149. The van der Waals surface area contributed by atoms with Crippen molar-refractivity contribution in [2.24, 2.45) is 5.92 Å². The molecule has 0 saturated heterocycles. The van der Waals surface area contributed by atoms with Crippen LogP contribution in [0.3, 0.4) is 0 Å². The molecule has 0 fully saturated rings. The van der Waals surface area contributed by atoms with E-state index in [1.807, 2.05) is 0 Å². The minimum absolute atomic E-state index is 0.253. The van der Waals surface area contributed by atoms with Gasteiger partial charge in [0.05, 0.1) is 6.54 Å². The Kier molecular flexibility index (Phi) is 2.79. The molecule has 14 heavy (non-hydrogen) atoms. The van der Waals surface area contributed by atoms with E-state index >= 15 is 0 Å². The molecule has 1 aromatic rings. The third-order valence-electron chi connectivity index (χ3n) is 2.60. The summed E-state index contributed by atoms with van der Waals surface area (Å²) in [4.78, 5) is 2.31. The van der Waals surface area contributed by atoms with Gasteiger partial charge in [-0.25, -0.2) is 0 Å². The summed E-state index contributed by atoms with van der Waals surface area (Å²) >= 11 is 0. The van der Waals surface area contributed by atoms with Gasteiger partial charge in [0.25, 0.3) is 0 Å². The Morgan fingerprint density at radius 3 is 3.21 bits per heavy atom. The molecule has 0 aliphatic carbocycles. The fraction of sp³-hybridized carbons (Fsp3) is 0.778. The Labute approximate surface area is 83.4 Å². The van der Waals surface area contributed by atoms with Crippen molar-refractivity contribution in [3.05, 3.63) is 12.2 Å². The van der Waals surface area contributed by atoms with Crippen molar-refractivity contribution < 1.29 is 5.11 Å². The second-order valence-corrected chi connectivity index (χ2v) is 3.96. The van der Waals surface area contributed by atoms with Gasteiger partial charge in [0.1, 0.15) is 12.2 Å². The molecule has 5 nitrogen and oxygen atoms in total. The van der Waals surface area contributed by atoms with Gasteiger partial charge in [0.15, 0.2) is 0 Å². The Bertz CT molecular complexity index is 299. The highest BCUT2D eigenvalue weighted by atomic mass is 16.3. The summed E-state index contributed by atoms with van der Waals surface area (Å²) in [6.07, 6.45) is 1.78. The summed E-state index contributed by atoms with van der Waals surface area (Å²) in [6.45, 7) is 6.08. The molecule has 1 aliphatic rings. The number of fused-ring (bicyclic) bond motifs is 1. The van der Waals surface area contributed by atoms with E-state index in [4.69, 9.17) is 5.11 Å². The fourth-order valence-corrected chi connectivity index (χ4v) is 1.77. The van der Waals surface area contributed by atoms with Crippen LogP contribution in [0.4, 0.5) is 0 Å². The van der Waals surface area contributed by atoms with Crippen molar-refractivity contribution in [2.45, 2.75) is 20.0 Å². The molecular weight excluding hydrogens is 180 g/mol. The van der Waals surface area contributed by atoms with Crippen LogP contribution in [-0.4, -0.2) is 44.5 Å². The van der Waals surface area contributed by atoms with E-state index in [1.165, 1.54) is 0 Å². The molecule has 1 aliphatic heterocycles. The van der Waals surface area contributed by atoms with E-state index in [0.717, 1.165) is 32.0 Å². The first-order valence-electron chi connectivity index (χ1n) is 4.99. The predicted octanol–water partition coefficient (Wildman–Crippen LogP) is -0.278. The van der Waals surface area contributed by atoms with Gasteiger partial charge < -0.3 is 9.67 Å². The van der Waals surface area contributed by atoms with E-state index in [0.29, 0.717) is 5.92 Å². The number of aliphatic hydroxyl groups is 1. The standard InChI is InChI=1S/C9H16N4O/c1-8(6-14)4-12-2-3-13-7-10-11-9(13)5-12/h7-8,14H,2-6H2,1H3. The monoisotopic (exact) mass is 196 g/mol. The third kappa shape index (κ3) is 1.93. The highest BCUT2D eigenvalue weighted by Gasteiger charge is 2.18. The van der Waals surface area contributed by atoms with Gasteiger partial charge in [-0.2, -0.15) is 0 Å². The lowest BCUT2D eigenvalue weighted by Gasteiger charge is -2.28. The van der Waals surface area contributed by atoms with E-state index in [-0.39, 0.29) is 6.61 Å². The highest BCUT2D eigenvalue weighted by Crippen LogP contribution is 2.10. The number of aromatic nitrogens is 3. The number of hydrogen-bond acceptors (Lipinski definition) is 4. The highest BCUT2D eigenvalue weighted by molar-refractivity contribution is 4.89. The molecule has 0 spiro atoms. The van der Waals surface area contributed by atoms with Crippen LogP contribution in [0.25, 0.3) is 0 Å². The lowest BCUT2D eigenvalue weighted by Crippen LogP contribution is -2.37. The van der Waals surface area contributed by atoms with Gasteiger partial charge in [-0.1, -0.05) is 6.92 Å². The maximum atomic E-state index is 8.96. The summed E-state index contributed by atoms with van der Waals surface area (Å²) in [5, 5.41) is 16.9. The average molecular weight is 196 g/mol. The zero-order chi connectivity index (χ0) is 9.97. The summed E-state index contributed by atoms with van der Waals surface area (Å²) in [6, 6.07) is 0. The molecule has 1 atom stereocenters. The van der Waals surface area contributed by atoms with Gasteiger partial charge in [-0.3, -0.25) is 4.90 Å². The summed E-state index contributed by atoms with van der Waals surface area (Å²) < 4.78 is 2.08. The molecule has 0 aromatic carbocycles. The van der Waals surface area contributed by atoms with Crippen LogP contribution < -0.4 is 0 Å². The van der Waals surface area contributed by atoms with Crippen LogP contribution in [0, 0.1) is 5.92 Å². The normalized spacial score (nSPS) is 19.3. The summed E-state index contributed by atoms with van der Waals surface area (Å²) in [5.41, 5.74) is 0. The quantitative estimate of drug-likeness (QED) is 0.722. The number of nitrogens with zero attached hydrogens (tertiary/aromatic N) is 4. The Morgan fingerprint density at radius 2 is 2.43 bits per heavy atom. The van der Waals surface area contributed by atoms with Crippen LogP contribution in [0.15, 0.2) is 6.33 Å². The molecule has 1 unspecified atom stereocenters. The molecule has 0 amide bonds. The lowest BCUT2D eigenvalue weighted by atomic mass is 10.2. The zero-order valence-corrected chi connectivity index (χ0v) is 8.43. The Balaban J connectivity index is 1.94. The second kappa shape index (κ2) is 4.06. The maximum absolute atomic E-state index is 8.96. The van der Waals surface area contributed by atoms with Crippen molar-refractivity contribution in [3.63, 3.8) is 0 Å². The minimum atomic E-state index is 0.253. The van der Waals surface area contributed by atoms with Crippen LogP contribution in [-0.2, 0) is 13.1 Å². The van der Waals surface area contributed by atoms with Crippen LogP contribution in [0.5, 0.6) is 0 Å². The minimum Gasteiger partial charge on any atom is -0.396 e. The fourth-order valence-electron chi connectivity index (χ4n) is 1.77. The third-order valence-corrected chi connectivity index (χ3v) is 2.60. The van der Waals surface area contributed by atoms with Gasteiger partial charge in [-0.05, 0) is 5.92 Å². The molecule has 0 radical (unpaired) electrons. The van der Waals surface area contributed by atoms with E-state index in [1.54, 1.807) is 6.33 Å². The predicted molar refractivity (Wildman–Crippen MR) is 51.5 cm³/mol. The van der Waals surface area contributed by atoms with Gasteiger partial charge in [-0.15, -0.1) is 10.2 Å². The van der Waals surface area contributed by atoms with Crippen molar-refractivity contribution in [1.82, 2.24) is 19.7 Å². The average Bonchev–Trinajstić information content (AvgIpc) is 2.64. The van der Waals surface area contributed by atoms with Gasteiger partial charge in [0, 0.05) is 26.2 Å². The number of aliphatic hydroxyl groups excluding tert-OH is 1. The molecule has 2 rings (SSSR count). The first kappa shape index (κ1) is 9.61. The first-order valence-corrected chi connectivity index (χ1v) is 4.99. The smallest absolute Gasteiger partial charge is 0.147 e. The molecule has 5 heteroatoms. The number of hydrogen-bond donors (Lipinski definition) is 1. The van der Waals surface area contributed by atoms with Gasteiger partial charge >= 0.3 is 0 Å². The Morgan fingerprint density at radius 1 is 1.57 bits per heavy atom. The molecule has 1 aromatic heterocycles. The molecule has 2 heterocycles. The van der Waals surface area contributed by atoms with E-state index in [2.05, 4.69) is 26.6 Å². The largest absolute Gasteiger partial charge is 0.396 e. The van der Waals surface area contributed by atoms with Crippen molar-refractivity contribution in [1.29, 1.82) is 0 Å². The van der Waals surface area contributed by atoms with Crippen LogP contribution in [0.1, 0.15) is 12.7 Å². The van der Waals surface area contributed by atoms with Crippen molar-refractivity contribution in [2.75, 3.05) is 19.7 Å². The van der Waals surface area contributed by atoms with Crippen LogP contribution in [0.2, 0.25) is 0 Å². The Hall–Kier alpha value is -0.940. The topological polar surface area (TPSA) is 54.2 Å². The first-order chi connectivity index (χ1) is 6.79. The summed E-state index contributed by atoms with van der Waals surface area (Å²) in [5.74, 6) is 1.37. The van der Waals surface area contributed by atoms with E-state index < -0.39 is 0 Å². The van der Waals surface area contributed by atoms with Crippen LogP contribution >= 0.6 is 0 Å². The van der Waals surface area contributed by atoms with Crippen molar-refractivity contribution >= 4 is 0 Å². The molecule has 0 saturated carbocycles. The maximum Gasteiger partial charge on any atom is 0.147 e.